The number of Topliss-reactive ketones (excluding diaryl/α,β-unsaturated/α-hetero) is 1. The van der Waals surface area contributed by atoms with Crippen molar-refractivity contribution in [3.8, 4) is 0 Å². The zero-order valence-electron chi connectivity index (χ0n) is 15.8. The molecule has 0 bridgehead atoms. The van der Waals surface area contributed by atoms with E-state index in [1.807, 2.05) is 0 Å². The summed E-state index contributed by atoms with van der Waals surface area (Å²) in [6.07, 6.45) is 3.94. The second kappa shape index (κ2) is 11.6. The van der Waals surface area contributed by atoms with Crippen molar-refractivity contribution in [2.45, 2.75) is 32.2 Å². The summed E-state index contributed by atoms with van der Waals surface area (Å²) in [6, 6.07) is 7.66. The number of methoxy groups -OCH3 is 2. The first-order valence-corrected chi connectivity index (χ1v) is 8.55. The summed E-state index contributed by atoms with van der Waals surface area (Å²) < 4.78 is 9.42. The number of hydrogen-bond donors (Lipinski definition) is 1. The first kappa shape index (κ1) is 22.1. The summed E-state index contributed by atoms with van der Waals surface area (Å²) >= 11 is 0. The molecule has 0 saturated heterocycles. The quantitative estimate of drug-likeness (QED) is 0.496. The molecule has 0 aliphatic rings. The third-order valence-corrected chi connectivity index (χ3v) is 3.85. The molecule has 1 rings (SSSR count). The van der Waals surface area contributed by atoms with Crippen LogP contribution in [-0.4, -0.2) is 43.9 Å². The van der Waals surface area contributed by atoms with Gasteiger partial charge in [-0.25, -0.2) is 4.79 Å². The van der Waals surface area contributed by atoms with Crippen LogP contribution < -0.4 is 5.32 Å². The number of carbonyl (C=O) groups is 4. The highest BCUT2D eigenvalue weighted by Gasteiger charge is 2.22. The first-order chi connectivity index (χ1) is 12.9. The fourth-order valence-corrected chi connectivity index (χ4v) is 2.46. The number of allylic oxidation sites excluding steroid dienone is 1. The number of amides is 1. The van der Waals surface area contributed by atoms with Crippen molar-refractivity contribution in [1.29, 1.82) is 0 Å². The van der Waals surface area contributed by atoms with Crippen molar-refractivity contribution in [3.63, 3.8) is 0 Å². The number of hydrogen-bond acceptors (Lipinski definition) is 6. The van der Waals surface area contributed by atoms with Crippen LogP contribution in [0.3, 0.4) is 0 Å². The van der Waals surface area contributed by atoms with E-state index in [0.29, 0.717) is 12.0 Å². The van der Waals surface area contributed by atoms with Gasteiger partial charge in [0.1, 0.15) is 11.8 Å². The molecule has 1 aromatic carbocycles. The molecule has 1 amide bonds. The van der Waals surface area contributed by atoms with Crippen molar-refractivity contribution < 1.29 is 28.7 Å². The molecule has 1 N–H and O–H groups in total. The lowest BCUT2D eigenvalue weighted by molar-refractivity contribution is -0.147. The zero-order valence-corrected chi connectivity index (χ0v) is 15.8. The summed E-state index contributed by atoms with van der Waals surface area (Å²) in [6.45, 7) is 1.41. The second-order valence-electron chi connectivity index (χ2n) is 5.98. The molecule has 0 heterocycles. The number of rotatable bonds is 10. The lowest BCUT2D eigenvalue weighted by Crippen LogP contribution is -2.41. The third-order valence-electron chi connectivity index (χ3n) is 3.85. The third kappa shape index (κ3) is 7.85. The van der Waals surface area contributed by atoms with Crippen LogP contribution in [0.15, 0.2) is 42.5 Å². The molecule has 0 saturated carbocycles. The van der Waals surface area contributed by atoms with E-state index >= 15 is 0 Å². The Morgan fingerprint density at radius 1 is 0.963 bits per heavy atom. The normalized spacial score (nSPS) is 12.9. The molecule has 0 spiro atoms. The van der Waals surface area contributed by atoms with E-state index in [9.17, 15) is 19.2 Å². The maximum atomic E-state index is 12.2. The van der Waals surface area contributed by atoms with Gasteiger partial charge < -0.3 is 19.6 Å². The van der Waals surface area contributed by atoms with Crippen molar-refractivity contribution in [2.24, 2.45) is 5.92 Å². The Kier molecular flexibility index (Phi) is 9.50. The Bertz CT molecular complexity index is 683. The summed E-state index contributed by atoms with van der Waals surface area (Å²) in [5.74, 6) is -2.10. The average molecular weight is 375 g/mol. The minimum Gasteiger partial charge on any atom is -0.469 e. The van der Waals surface area contributed by atoms with Crippen LogP contribution in [0.4, 0.5) is 0 Å². The number of ether oxygens (including phenoxy) is 2. The molecule has 0 aromatic heterocycles. The molecule has 7 heteroatoms. The Morgan fingerprint density at radius 3 is 2.11 bits per heavy atom. The van der Waals surface area contributed by atoms with Gasteiger partial charge in [0.05, 0.1) is 20.1 Å². The molecule has 0 aliphatic heterocycles. The van der Waals surface area contributed by atoms with Gasteiger partial charge in [0.15, 0.2) is 0 Å². The maximum Gasteiger partial charge on any atom is 0.328 e. The number of ketones is 1. The second-order valence-corrected chi connectivity index (χ2v) is 5.98. The summed E-state index contributed by atoms with van der Waals surface area (Å²) in [5, 5.41) is 2.63. The van der Waals surface area contributed by atoms with Gasteiger partial charge in [-0.15, -0.1) is 0 Å². The zero-order chi connectivity index (χ0) is 20.2. The minimum absolute atomic E-state index is 0.0855. The Hall–Kier alpha value is -2.96. The highest BCUT2D eigenvalue weighted by molar-refractivity contribution is 5.96. The molecule has 2 atom stereocenters. The number of esters is 2. The topological polar surface area (TPSA) is 98.8 Å². The Labute approximate surface area is 158 Å². The maximum absolute atomic E-state index is 12.2. The van der Waals surface area contributed by atoms with Crippen LogP contribution in [0.1, 0.15) is 36.5 Å². The van der Waals surface area contributed by atoms with Crippen LogP contribution in [0.5, 0.6) is 0 Å². The van der Waals surface area contributed by atoms with Crippen molar-refractivity contribution in [1.82, 2.24) is 5.32 Å². The van der Waals surface area contributed by atoms with Crippen LogP contribution in [0, 0.1) is 5.92 Å². The largest absolute Gasteiger partial charge is 0.469 e. The predicted molar refractivity (Wildman–Crippen MR) is 98.9 cm³/mol. The Morgan fingerprint density at radius 2 is 1.56 bits per heavy atom. The van der Waals surface area contributed by atoms with Gasteiger partial charge in [0.25, 0.3) is 5.91 Å². The van der Waals surface area contributed by atoms with Gasteiger partial charge in [-0.1, -0.05) is 30.4 Å². The minimum atomic E-state index is -0.858. The molecule has 0 fully saturated rings. The van der Waals surface area contributed by atoms with Gasteiger partial charge in [0, 0.05) is 12.0 Å². The molecule has 146 valence electrons. The fraction of sp³-hybridized carbons (Fsp3) is 0.400. The van der Waals surface area contributed by atoms with Crippen LogP contribution in [0.2, 0.25) is 0 Å². The number of nitrogens with one attached hydrogen (secondary N) is 1. The van der Waals surface area contributed by atoms with Crippen molar-refractivity contribution >= 4 is 23.6 Å². The lowest BCUT2D eigenvalue weighted by Gasteiger charge is -2.15. The van der Waals surface area contributed by atoms with E-state index in [4.69, 9.17) is 9.47 Å². The average Bonchev–Trinajstić information content (AvgIpc) is 2.68. The van der Waals surface area contributed by atoms with E-state index in [-0.39, 0.29) is 24.5 Å². The van der Waals surface area contributed by atoms with E-state index in [2.05, 4.69) is 5.32 Å². The van der Waals surface area contributed by atoms with Gasteiger partial charge in [0.2, 0.25) is 0 Å². The van der Waals surface area contributed by atoms with Gasteiger partial charge in [-0.3, -0.25) is 9.59 Å². The van der Waals surface area contributed by atoms with E-state index < -0.39 is 23.9 Å². The van der Waals surface area contributed by atoms with Crippen LogP contribution in [0.25, 0.3) is 0 Å². The summed E-state index contributed by atoms with van der Waals surface area (Å²) in [5.41, 5.74) is 0.433. The van der Waals surface area contributed by atoms with E-state index in [1.165, 1.54) is 21.1 Å². The Balaban J connectivity index is 2.69. The molecule has 7 nitrogen and oxygen atoms in total. The monoisotopic (exact) mass is 375 g/mol. The molecule has 0 radical (unpaired) electrons. The van der Waals surface area contributed by atoms with Gasteiger partial charge in [-0.05, 0) is 31.9 Å². The van der Waals surface area contributed by atoms with Gasteiger partial charge in [-0.2, -0.15) is 0 Å². The molecular formula is C20H25NO6. The van der Waals surface area contributed by atoms with Gasteiger partial charge >= 0.3 is 11.9 Å². The molecule has 1 aromatic rings. The lowest BCUT2D eigenvalue weighted by atomic mass is 9.98. The summed E-state index contributed by atoms with van der Waals surface area (Å²) in [4.78, 5) is 47.1. The van der Waals surface area contributed by atoms with Crippen LogP contribution >= 0.6 is 0 Å². The van der Waals surface area contributed by atoms with Crippen molar-refractivity contribution in [2.75, 3.05) is 14.2 Å². The van der Waals surface area contributed by atoms with Crippen LogP contribution in [-0.2, 0) is 23.9 Å². The molecule has 0 unspecified atom stereocenters. The highest BCUT2D eigenvalue weighted by Crippen LogP contribution is 2.13. The van der Waals surface area contributed by atoms with Crippen molar-refractivity contribution in [3.05, 3.63) is 48.0 Å². The van der Waals surface area contributed by atoms with E-state index in [0.717, 1.165) is 0 Å². The SMILES string of the molecule is COC(=O)[C@H](C/C=C/C[C@H](NC(=O)c1ccccc1)C(=O)OC)CC(C)=O. The smallest absolute Gasteiger partial charge is 0.328 e. The number of benzene rings is 1. The molecular weight excluding hydrogens is 350 g/mol. The number of carbonyl (C=O) groups excluding carboxylic acids is 4. The standard InChI is InChI=1S/C20H25NO6/c1-14(22)13-16(19(24)26-2)11-7-8-12-17(20(25)27-3)21-18(23)15-9-5-4-6-10-15/h4-10,16-17H,11-13H2,1-3H3,(H,21,23)/b8-7+/t16-,17+/m1/s1. The summed E-state index contributed by atoms with van der Waals surface area (Å²) in [7, 11) is 2.51. The highest BCUT2D eigenvalue weighted by atomic mass is 16.5. The predicted octanol–water partition coefficient (Wildman–Crippen LogP) is 2.06. The molecule has 0 aliphatic carbocycles. The fourth-order valence-electron chi connectivity index (χ4n) is 2.46. The van der Waals surface area contributed by atoms with E-state index in [1.54, 1.807) is 42.5 Å². The molecule has 27 heavy (non-hydrogen) atoms. The first-order valence-electron chi connectivity index (χ1n) is 8.55.